The van der Waals surface area contributed by atoms with Crippen molar-refractivity contribution in [1.82, 2.24) is 14.9 Å². The standard InChI is InChI=1S/C18H24N4O2S2/c1-7-22-16(24)14-11(4)12(5)26-15(14)20-17(22)25-8-13(23)21-18(6,9-19)10(2)3/h10H,7-8H2,1-6H3,(H,21,23)/t18-/m1/s1. The van der Waals surface area contributed by atoms with Gasteiger partial charge in [0, 0.05) is 11.4 Å². The molecular weight excluding hydrogens is 368 g/mol. The van der Waals surface area contributed by atoms with Crippen LogP contribution >= 0.6 is 23.1 Å². The summed E-state index contributed by atoms with van der Waals surface area (Å²) in [7, 11) is 0. The van der Waals surface area contributed by atoms with Crippen LogP contribution in [0.4, 0.5) is 0 Å². The molecule has 1 N–H and O–H groups in total. The largest absolute Gasteiger partial charge is 0.337 e. The second-order valence-corrected chi connectivity index (χ2v) is 8.86. The molecule has 1 atom stereocenters. The van der Waals surface area contributed by atoms with Crippen molar-refractivity contribution in [3.63, 3.8) is 0 Å². The molecule has 0 aliphatic carbocycles. The van der Waals surface area contributed by atoms with Crippen molar-refractivity contribution >= 4 is 39.2 Å². The lowest BCUT2D eigenvalue weighted by Gasteiger charge is -2.27. The Morgan fingerprint density at radius 3 is 2.65 bits per heavy atom. The minimum Gasteiger partial charge on any atom is -0.337 e. The second-order valence-electron chi connectivity index (χ2n) is 6.71. The Morgan fingerprint density at radius 1 is 1.46 bits per heavy atom. The van der Waals surface area contributed by atoms with E-state index in [2.05, 4.69) is 16.4 Å². The highest BCUT2D eigenvalue weighted by Gasteiger charge is 2.30. The molecule has 2 rings (SSSR count). The second kappa shape index (κ2) is 7.80. The number of aromatic nitrogens is 2. The minimum atomic E-state index is -0.915. The van der Waals surface area contributed by atoms with Gasteiger partial charge in [0.1, 0.15) is 10.4 Å². The number of nitriles is 1. The molecule has 8 heteroatoms. The van der Waals surface area contributed by atoms with E-state index in [1.54, 1.807) is 11.5 Å². The van der Waals surface area contributed by atoms with E-state index < -0.39 is 5.54 Å². The number of fused-ring (bicyclic) bond motifs is 1. The van der Waals surface area contributed by atoms with E-state index in [0.717, 1.165) is 10.4 Å². The van der Waals surface area contributed by atoms with Crippen molar-refractivity contribution in [2.75, 3.05) is 5.75 Å². The topological polar surface area (TPSA) is 87.8 Å². The Balaban J connectivity index is 2.28. The fourth-order valence-corrected chi connectivity index (χ4v) is 4.39. The lowest BCUT2D eigenvalue weighted by Crippen LogP contribution is -2.49. The van der Waals surface area contributed by atoms with Crippen LogP contribution in [0.2, 0.25) is 0 Å². The van der Waals surface area contributed by atoms with Crippen molar-refractivity contribution < 1.29 is 4.79 Å². The quantitative estimate of drug-likeness (QED) is 0.602. The van der Waals surface area contributed by atoms with Crippen molar-refractivity contribution in [3.05, 3.63) is 20.8 Å². The highest BCUT2D eigenvalue weighted by atomic mass is 32.2. The van der Waals surface area contributed by atoms with E-state index >= 15 is 0 Å². The summed E-state index contributed by atoms with van der Waals surface area (Å²) in [6.45, 7) is 11.8. The maximum absolute atomic E-state index is 12.8. The van der Waals surface area contributed by atoms with E-state index in [9.17, 15) is 14.9 Å². The number of nitrogens with zero attached hydrogens (tertiary/aromatic N) is 3. The average molecular weight is 393 g/mol. The van der Waals surface area contributed by atoms with Crippen molar-refractivity contribution in [2.24, 2.45) is 5.92 Å². The molecule has 2 aromatic heterocycles. The average Bonchev–Trinajstić information content (AvgIpc) is 2.87. The number of thioether (sulfide) groups is 1. The van der Waals surface area contributed by atoms with Gasteiger partial charge in [0.2, 0.25) is 5.91 Å². The van der Waals surface area contributed by atoms with Gasteiger partial charge in [0.25, 0.3) is 5.56 Å². The molecule has 0 bridgehead atoms. The lowest BCUT2D eigenvalue weighted by molar-refractivity contribution is -0.120. The first-order valence-electron chi connectivity index (χ1n) is 8.50. The molecule has 0 radical (unpaired) electrons. The van der Waals surface area contributed by atoms with Crippen LogP contribution in [0.15, 0.2) is 9.95 Å². The zero-order chi connectivity index (χ0) is 19.6. The van der Waals surface area contributed by atoms with Crippen LogP contribution in [0.3, 0.4) is 0 Å². The Morgan fingerprint density at radius 2 is 2.12 bits per heavy atom. The van der Waals surface area contributed by atoms with E-state index in [0.29, 0.717) is 21.9 Å². The Kier molecular flexibility index (Phi) is 6.14. The van der Waals surface area contributed by atoms with Gasteiger partial charge in [-0.05, 0) is 39.2 Å². The molecule has 0 aromatic carbocycles. The van der Waals surface area contributed by atoms with Crippen LogP contribution in [-0.4, -0.2) is 26.8 Å². The summed E-state index contributed by atoms with van der Waals surface area (Å²) < 4.78 is 1.60. The predicted octanol–water partition coefficient (Wildman–Crippen LogP) is 3.24. The summed E-state index contributed by atoms with van der Waals surface area (Å²) >= 11 is 2.72. The smallest absolute Gasteiger partial charge is 0.263 e. The Hall–Kier alpha value is -1.85. The monoisotopic (exact) mass is 392 g/mol. The zero-order valence-corrected chi connectivity index (χ0v) is 17.6. The molecule has 6 nitrogen and oxygen atoms in total. The molecular formula is C18H24N4O2S2. The number of aryl methyl sites for hydroxylation is 2. The van der Waals surface area contributed by atoms with Gasteiger partial charge >= 0.3 is 0 Å². The Bertz CT molecular complexity index is 939. The van der Waals surface area contributed by atoms with Gasteiger partial charge in [-0.1, -0.05) is 25.6 Å². The summed E-state index contributed by atoms with van der Waals surface area (Å²) in [5.74, 6) is -0.157. The number of carbonyl (C=O) groups is 1. The summed E-state index contributed by atoms with van der Waals surface area (Å²) in [4.78, 5) is 31.5. The fourth-order valence-electron chi connectivity index (χ4n) is 2.45. The van der Waals surface area contributed by atoms with Gasteiger partial charge in [0.05, 0.1) is 17.2 Å². The maximum atomic E-state index is 12.8. The van der Waals surface area contributed by atoms with Crippen LogP contribution in [-0.2, 0) is 11.3 Å². The molecule has 0 aliphatic heterocycles. The number of nitrogens with one attached hydrogen (secondary N) is 1. The van der Waals surface area contributed by atoms with Crippen LogP contribution in [0, 0.1) is 31.1 Å². The molecule has 0 unspecified atom stereocenters. The predicted molar refractivity (Wildman–Crippen MR) is 107 cm³/mol. The third kappa shape index (κ3) is 3.79. The summed E-state index contributed by atoms with van der Waals surface area (Å²) in [5.41, 5.74) is -0.00598. The van der Waals surface area contributed by atoms with E-state index in [1.165, 1.54) is 23.1 Å². The van der Waals surface area contributed by atoms with Crippen molar-refractivity contribution in [3.8, 4) is 6.07 Å². The lowest BCUT2D eigenvalue weighted by atomic mass is 9.90. The summed E-state index contributed by atoms with van der Waals surface area (Å²) in [6.07, 6.45) is 0. The zero-order valence-electron chi connectivity index (χ0n) is 16.0. The number of hydrogen-bond donors (Lipinski definition) is 1. The van der Waals surface area contributed by atoms with Crippen LogP contribution in [0.1, 0.15) is 38.1 Å². The van der Waals surface area contributed by atoms with Crippen molar-refractivity contribution in [1.29, 1.82) is 5.26 Å². The number of hydrogen-bond acceptors (Lipinski definition) is 6. The summed E-state index contributed by atoms with van der Waals surface area (Å²) in [6, 6.07) is 2.16. The van der Waals surface area contributed by atoms with E-state index in [-0.39, 0.29) is 23.1 Å². The SMILES string of the molecule is CCn1c(SCC(=O)N[C@](C)(C#N)C(C)C)nc2sc(C)c(C)c2c1=O. The molecule has 0 fully saturated rings. The molecule has 140 valence electrons. The molecule has 1 amide bonds. The van der Waals surface area contributed by atoms with Crippen LogP contribution in [0.5, 0.6) is 0 Å². The number of amides is 1. The normalized spacial score (nSPS) is 13.6. The number of carbonyl (C=O) groups excluding carboxylic acids is 1. The number of rotatable bonds is 6. The maximum Gasteiger partial charge on any atom is 0.263 e. The first kappa shape index (κ1) is 20.5. The van der Waals surface area contributed by atoms with E-state index in [1.807, 2.05) is 34.6 Å². The molecule has 2 aromatic rings. The van der Waals surface area contributed by atoms with Gasteiger partial charge in [-0.15, -0.1) is 11.3 Å². The molecule has 0 aliphatic rings. The number of thiophene rings is 1. The van der Waals surface area contributed by atoms with Crippen LogP contribution < -0.4 is 10.9 Å². The summed E-state index contributed by atoms with van der Waals surface area (Å²) in [5, 5.41) is 13.3. The minimum absolute atomic E-state index is 0.0122. The van der Waals surface area contributed by atoms with Gasteiger partial charge in [-0.25, -0.2) is 4.98 Å². The van der Waals surface area contributed by atoms with Crippen molar-refractivity contribution in [2.45, 2.75) is 58.8 Å². The third-order valence-corrected chi connectivity index (χ3v) is 6.77. The van der Waals surface area contributed by atoms with E-state index in [4.69, 9.17) is 0 Å². The van der Waals surface area contributed by atoms with Crippen LogP contribution in [0.25, 0.3) is 10.2 Å². The third-order valence-electron chi connectivity index (χ3n) is 4.69. The molecule has 0 saturated carbocycles. The van der Waals surface area contributed by atoms with Gasteiger partial charge in [-0.3, -0.25) is 14.2 Å². The highest BCUT2D eigenvalue weighted by molar-refractivity contribution is 7.99. The fraction of sp³-hybridized carbons (Fsp3) is 0.556. The molecule has 0 saturated heterocycles. The molecule has 0 spiro atoms. The van der Waals surface area contributed by atoms with Gasteiger partial charge < -0.3 is 5.32 Å². The first-order chi connectivity index (χ1) is 12.1. The Labute approximate surface area is 161 Å². The van der Waals surface area contributed by atoms with Gasteiger partial charge in [0.15, 0.2) is 5.16 Å². The molecule has 2 heterocycles. The first-order valence-corrected chi connectivity index (χ1v) is 10.3. The molecule has 26 heavy (non-hydrogen) atoms. The highest BCUT2D eigenvalue weighted by Crippen LogP contribution is 2.28. The van der Waals surface area contributed by atoms with Gasteiger partial charge in [-0.2, -0.15) is 5.26 Å².